The van der Waals surface area contributed by atoms with Crippen molar-refractivity contribution in [1.82, 2.24) is 4.90 Å². The summed E-state index contributed by atoms with van der Waals surface area (Å²) in [4.78, 5) is 13.7. The van der Waals surface area contributed by atoms with Gasteiger partial charge in [0.2, 0.25) is 5.91 Å². The number of nitrogens with two attached hydrogens (primary N) is 1. The van der Waals surface area contributed by atoms with Crippen LogP contribution < -0.4 is 11.1 Å². The van der Waals surface area contributed by atoms with Gasteiger partial charge in [-0.15, -0.1) is 0 Å². The first kappa shape index (κ1) is 13.0. The molecular formula is C13H18ClN3O. The van der Waals surface area contributed by atoms with Crippen LogP contribution >= 0.6 is 11.6 Å². The maximum absolute atomic E-state index is 11.8. The van der Waals surface area contributed by atoms with E-state index in [2.05, 4.69) is 5.32 Å². The minimum atomic E-state index is 0.214. The van der Waals surface area contributed by atoms with Crippen molar-refractivity contribution in [1.29, 1.82) is 0 Å². The first-order valence-corrected chi connectivity index (χ1v) is 6.61. The molecule has 0 radical (unpaired) electrons. The van der Waals surface area contributed by atoms with Crippen molar-refractivity contribution in [2.24, 2.45) is 0 Å². The lowest BCUT2D eigenvalue weighted by molar-refractivity contribution is -0.129. The molecule has 98 valence electrons. The third kappa shape index (κ3) is 3.29. The van der Waals surface area contributed by atoms with Gasteiger partial charge in [0.1, 0.15) is 0 Å². The van der Waals surface area contributed by atoms with Gasteiger partial charge in [-0.25, -0.2) is 0 Å². The van der Waals surface area contributed by atoms with Gasteiger partial charge in [0.25, 0.3) is 0 Å². The summed E-state index contributed by atoms with van der Waals surface area (Å²) in [7, 11) is 0. The molecule has 1 aliphatic rings. The van der Waals surface area contributed by atoms with Crippen LogP contribution in [-0.2, 0) is 4.79 Å². The number of rotatable bonds is 4. The summed E-state index contributed by atoms with van der Waals surface area (Å²) in [5.74, 6) is 0.214. The number of nitrogens with zero attached hydrogens (tertiary/aromatic N) is 1. The van der Waals surface area contributed by atoms with Crippen LogP contribution in [0.5, 0.6) is 0 Å². The second-order valence-electron chi connectivity index (χ2n) is 4.50. The third-order valence-electron chi connectivity index (χ3n) is 3.11. The Balaban J connectivity index is 1.79. The number of likely N-dealkylation sites (tertiary alicyclic amines) is 1. The molecule has 18 heavy (non-hydrogen) atoms. The van der Waals surface area contributed by atoms with Crippen LogP contribution in [0.25, 0.3) is 0 Å². The SMILES string of the molecule is Nc1ccc(NCCC(=O)N2CCCC2)c(Cl)c1. The Kier molecular flexibility index (Phi) is 4.31. The minimum Gasteiger partial charge on any atom is -0.399 e. The number of nitrogen functional groups attached to an aromatic ring is 1. The van der Waals surface area contributed by atoms with Crippen LogP contribution in [0.3, 0.4) is 0 Å². The van der Waals surface area contributed by atoms with Gasteiger partial charge in [0.05, 0.1) is 10.7 Å². The molecule has 1 aliphatic heterocycles. The largest absolute Gasteiger partial charge is 0.399 e. The fourth-order valence-corrected chi connectivity index (χ4v) is 2.36. The molecule has 0 aliphatic carbocycles. The van der Waals surface area contributed by atoms with Crippen LogP contribution in [-0.4, -0.2) is 30.4 Å². The van der Waals surface area contributed by atoms with Crippen LogP contribution in [0.1, 0.15) is 19.3 Å². The normalized spacial score (nSPS) is 14.8. The van der Waals surface area contributed by atoms with E-state index in [1.54, 1.807) is 12.1 Å². The molecule has 1 heterocycles. The van der Waals surface area contributed by atoms with Gasteiger partial charge in [0.15, 0.2) is 0 Å². The summed E-state index contributed by atoms with van der Waals surface area (Å²) in [5, 5.41) is 3.75. The van der Waals surface area contributed by atoms with Gasteiger partial charge in [0, 0.05) is 31.7 Å². The molecule has 0 spiro atoms. The van der Waals surface area contributed by atoms with Gasteiger partial charge in [-0.3, -0.25) is 4.79 Å². The molecule has 1 amide bonds. The highest BCUT2D eigenvalue weighted by atomic mass is 35.5. The van der Waals surface area contributed by atoms with Gasteiger partial charge >= 0.3 is 0 Å². The number of carbonyl (C=O) groups excluding carboxylic acids is 1. The fourth-order valence-electron chi connectivity index (χ4n) is 2.10. The molecule has 1 fully saturated rings. The van der Waals surface area contributed by atoms with E-state index in [9.17, 15) is 4.79 Å². The molecular weight excluding hydrogens is 250 g/mol. The standard InChI is InChI=1S/C13H18ClN3O/c14-11-9-10(15)3-4-12(11)16-6-5-13(18)17-7-1-2-8-17/h3-4,9,16H,1-2,5-8,15H2. The number of amides is 1. The lowest BCUT2D eigenvalue weighted by atomic mass is 10.2. The van der Waals surface area contributed by atoms with Crippen molar-refractivity contribution in [2.45, 2.75) is 19.3 Å². The smallest absolute Gasteiger partial charge is 0.224 e. The zero-order chi connectivity index (χ0) is 13.0. The molecule has 1 aromatic rings. The predicted octanol–water partition coefficient (Wildman–Crippen LogP) is 2.35. The average molecular weight is 268 g/mol. The number of anilines is 2. The maximum atomic E-state index is 11.8. The van der Waals surface area contributed by atoms with Crippen molar-refractivity contribution in [3.63, 3.8) is 0 Å². The van der Waals surface area contributed by atoms with Crippen molar-refractivity contribution < 1.29 is 4.79 Å². The van der Waals surface area contributed by atoms with Gasteiger partial charge in [-0.05, 0) is 31.0 Å². The minimum absolute atomic E-state index is 0.214. The van der Waals surface area contributed by atoms with E-state index in [1.807, 2.05) is 11.0 Å². The molecule has 0 saturated carbocycles. The predicted molar refractivity (Wildman–Crippen MR) is 74.8 cm³/mol. The van der Waals surface area contributed by atoms with Crippen LogP contribution in [0.15, 0.2) is 18.2 Å². The van der Waals surface area contributed by atoms with E-state index in [0.717, 1.165) is 31.6 Å². The molecule has 1 saturated heterocycles. The Labute approximate surface area is 112 Å². The number of nitrogens with one attached hydrogen (secondary N) is 1. The first-order valence-electron chi connectivity index (χ1n) is 6.23. The summed E-state index contributed by atoms with van der Waals surface area (Å²) >= 11 is 6.03. The van der Waals surface area contributed by atoms with E-state index in [0.29, 0.717) is 23.7 Å². The number of halogens is 1. The van der Waals surface area contributed by atoms with Crippen LogP contribution in [0.4, 0.5) is 11.4 Å². The van der Waals surface area contributed by atoms with Crippen molar-refractivity contribution in [2.75, 3.05) is 30.7 Å². The Bertz CT molecular complexity index is 430. The molecule has 0 atom stereocenters. The second-order valence-corrected chi connectivity index (χ2v) is 4.91. The molecule has 0 bridgehead atoms. The van der Waals surface area contributed by atoms with E-state index >= 15 is 0 Å². The van der Waals surface area contributed by atoms with Crippen molar-refractivity contribution >= 4 is 28.9 Å². The quantitative estimate of drug-likeness (QED) is 0.824. The Morgan fingerprint density at radius 3 is 2.78 bits per heavy atom. The van der Waals surface area contributed by atoms with E-state index in [1.165, 1.54) is 0 Å². The van der Waals surface area contributed by atoms with E-state index < -0.39 is 0 Å². The molecule has 0 aromatic heterocycles. The monoisotopic (exact) mass is 267 g/mol. The summed E-state index contributed by atoms with van der Waals surface area (Å²) < 4.78 is 0. The van der Waals surface area contributed by atoms with Crippen molar-refractivity contribution in [3.8, 4) is 0 Å². The highest BCUT2D eigenvalue weighted by molar-refractivity contribution is 6.33. The maximum Gasteiger partial charge on any atom is 0.224 e. The number of carbonyl (C=O) groups is 1. The van der Waals surface area contributed by atoms with Crippen molar-refractivity contribution in [3.05, 3.63) is 23.2 Å². The fraction of sp³-hybridized carbons (Fsp3) is 0.462. The lowest BCUT2D eigenvalue weighted by Crippen LogP contribution is -2.29. The zero-order valence-corrected chi connectivity index (χ0v) is 11.0. The Morgan fingerprint density at radius 1 is 1.39 bits per heavy atom. The summed E-state index contributed by atoms with van der Waals surface area (Å²) in [6.07, 6.45) is 2.76. The third-order valence-corrected chi connectivity index (χ3v) is 3.42. The Morgan fingerprint density at radius 2 is 2.11 bits per heavy atom. The second kappa shape index (κ2) is 5.96. The summed E-state index contributed by atoms with van der Waals surface area (Å²) in [5.41, 5.74) is 7.07. The molecule has 5 heteroatoms. The zero-order valence-electron chi connectivity index (χ0n) is 10.3. The van der Waals surface area contributed by atoms with Gasteiger partial charge < -0.3 is 16.0 Å². The van der Waals surface area contributed by atoms with Gasteiger partial charge in [-0.1, -0.05) is 11.6 Å². The molecule has 2 rings (SSSR count). The highest BCUT2D eigenvalue weighted by Gasteiger charge is 2.17. The average Bonchev–Trinajstić information content (AvgIpc) is 2.85. The molecule has 1 aromatic carbocycles. The van der Waals surface area contributed by atoms with Gasteiger partial charge in [-0.2, -0.15) is 0 Å². The Hall–Kier alpha value is -1.42. The first-order chi connectivity index (χ1) is 8.66. The highest BCUT2D eigenvalue weighted by Crippen LogP contribution is 2.23. The molecule has 3 N–H and O–H groups in total. The van der Waals surface area contributed by atoms with E-state index in [-0.39, 0.29) is 5.91 Å². The molecule has 4 nitrogen and oxygen atoms in total. The van der Waals surface area contributed by atoms with Crippen LogP contribution in [0, 0.1) is 0 Å². The lowest BCUT2D eigenvalue weighted by Gasteiger charge is -2.15. The summed E-state index contributed by atoms with van der Waals surface area (Å²) in [6, 6.07) is 5.32. The summed E-state index contributed by atoms with van der Waals surface area (Å²) in [6.45, 7) is 2.40. The topological polar surface area (TPSA) is 58.4 Å². The van der Waals surface area contributed by atoms with Crippen LogP contribution in [0.2, 0.25) is 5.02 Å². The molecule has 0 unspecified atom stereocenters. The van der Waals surface area contributed by atoms with E-state index in [4.69, 9.17) is 17.3 Å². The number of hydrogen-bond donors (Lipinski definition) is 2. The number of hydrogen-bond acceptors (Lipinski definition) is 3. The number of benzene rings is 1.